The number of ether oxygens (including phenoxy) is 1. The lowest BCUT2D eigenvalue weighted by Gasteiger charge is -2.14. The zero-order valence-electron chi connectivity index (χ0n) is 15.5. The van der Waals surface area contributed by atoms with Crippen LogP contribution in [0.5, 0.6) is 5.75 Å². The Bertz CT molecular complexity index is 777. The summed E-state index contributed by atoms with van der Waals surface area (Å²) in [6.45, 7) is 2.22. The third kappa shape index (κ3) is 7.48. The summed E-state index contributed by atoms with van der Waals surface area (Å²) < 4.78 is 40.4. The van der Waals surface area contributed by atoms with Gasteiger partial charge in [0.05, 0.1) is 0 Å². The Morgan fingerprint density at radius 1 is 1.18 bits per heavy atom. The highest BCUT2D eigenvalue weighted by atomic mass is 19.4. The molecular formula is C20H24F3N3O2. The number of anilines is 1. The molecule has 0 radical (unpaired) electrons. The molecule has 28 heavy (non-hydrogen) atoms. The number of halogens is 3. The second kappa shape index (κ2) is 9.98. The van der Waals surface area contributed by atoms with Gasteiger partial charge in [0.25, 0.3) is 0 Å². The Morgan fingerprint density at radius 2 is 1.89 bits per heavy atom. The predicted octanol–water partition coefficient (Wildman–Crippen LogP) is 3.73. The van der Waals surface area contributed by atoms with Crippen LogP contribution in [0, 0.1) is 5.92 Å². The number of rotatable bonds is 8. The van der Waals surface area contributed by atoms with E-state index in [-0.39, 0.29) is 30.8 Å². The molecule has 0 spiro atoms. The minimum atomic E-state index is -4.72. The van der Waals surface area contributed by atoms with Gasteiger partial charge in [-0.1, -0.05) is 31.2 Å². The van der Waals surface area contributed by atoms with Crippen LogP contribution in [0.15, 0.2) is 53.5 Å². The minimum absolute atomic E-state index is 0.122. The maximum Gasteiger partial charge on any atom is 0.573 e. The quantitative estimate of drug-likeness (QED) is 0.470. The molecule has 1 atom stereocenters. The molecule has 0 fully saturated rings. The van der Waals surface area contributed by atoms with Crippen molar-refractivity contribution in [3.05, 3.63) is 59.7 Å². The second-order valence-electron chi connectivity index (χ2n) is 6.35. The Balaban J connectivity index is 1.91. The Labute approximate surface area is 162 Å². The summed E-state index contributed by atoms with van der Waals surface area (Å²) in [6, 6.07) is 13.4. The molecular weight excluding hydrogens is 371 g/mol. The third-order valence-corrected chi connectivity index (χ3v) is 4.07. The largest absolute Gasteiger partial charge is 0.573 e. The molecule has 152 valence electrons. The molecule has 0 saturated carbocycles. The molecule has 0 amide bonds. The summed E-state index contributed by atoms with van der Waals surface area (Å²) in [5.41, 5.74) is 8.68. The van der Waals surface area contributed by atoms with Gasteiger partial charge in [-0.25, -0.2) is 0 Å². The molecule has 2 aromatic carbocycles. The van der Waals surface area contributed by atoms with Crippen LogP contribution in [-0.2, 0) is 12.8 Å². The highest BCUT2D eigenvalue weighted by Gasteiger charge is 2.30. The SMILES string of the molecule is CCc1cccc(NC(N)=NCC(CO)Cc2ccc(OC(F)(F)F)cc2)c1. The normalized spacial score (nSPS) is 13.2. The number of nitrogens with two attached hydrogens (primary N) is 1. The van der Waals surface area contributed by atoms with Gasteiger partial charge >= 0.3 is 6.36 Å². The van der Waals surface area contributed by atoms with Gasteiger partial charge in [-0.3, -0.25) is 4.99 Å². The van der Waals surface area contributed by atoms with Gasteiger partial charge in [0, 0.05) is 24.8 Å². The van der Waals surface area contributed by atoms with E-state index in [1.807, 2.05) is 24.3 Å². The number of nitrogens with one attached hydrogen (secondary N) is 1. The van der Waals surface area contributed by atoms with Crippen molar-refractivity contribution in [1.82, 2.24) is 0 Å². The molecule has 0 bridgehead atoms. The van der Waals surface area contributed by atoms with Crippen LogP contribution in [0.4, 0.5) is 18.9 Å². The van der Waals surface area contributed by atoms with E-state index in [9.17, 15) is 18.3 Å². The topological polar surface area (TPSA) is 79.9 Å². The first-order valence-corrected chi connectivity index (χ1v) is 8.90. The van der Waals surface area contributed by atoms with Crippen molar-refractivity contribution in [3.8, 4) is 5.75 Å². The van der Waals surface area contributed by atoms with Gasteiger partial charge in [-0.15, -0.1) is 13.2 Å². The van der Waals surface area contributed by atoms with E-state index in [2.05, 4.69) is 22.0 Å². The van der Waals surface area contributed by atoms with Gasteiger partial charge < -0.3 is 20.9 Å². The van der Waals surface area contributed by atoms with Crippen molar-refractivity contribution in [3.63, 3.8) is 0 Å². The fourth-order valence-electron chi connectivity index (χ4n) is 2.63. The summed E-state index contributed by atoms with van der Waals surface area (Å²) in [5, 5.41) is 12.6. The highest BCUT2D eigenvalue weighted by Crippen LogP contribution is 2.23. The van der Waals surface area contributed by atoms with Crippen LogP contribution in [0.1, 0.15) is 18.1 Å². The molecule has 0 aliphatic carbocycles. The lowest BCUT2D eigenvalue weighted by Crippen LogP contribution is -2.25. The Morgan fingerprint density at radius 3 is 2.50 bits per heavy atom. The molecule has 8 heteroatoms. The monoisotopic (exact) mass is 395 g/mol. The van der Waals surface area contributed by atoms with Crippen molar-refractivity contribution >= 4 is 11.6 Å². The van der Waals surface area contributed by atoms with Crippen molar-refractivity contribution in [1.29, 1.82) is 0 Å². The second-order valence-corrected chi connectivity index (χ2v) is 6.35. The van der Waals surface area contributed by atoms with Crippen LogP contribution in [-0.4, -0.2) is 30.6 Å². The van der Waals surface area contributed by atoms with E-state index >= 15 is 0 Å². The molecule has 4 N–H and O–H groups in total. The van der Waals surface area contributed by atoms with Crippen LogP contribution in [0.2, 0.25) is 0 Å². The minimum Gasteiger partial charge on any atom is -0.406 e. The number of nitrogens with zero attached hydrogens (tertiary/aromatic N) is 1. The van der Waals surface area contributed by atoms with Gasteiger partial charge in [-0.05, 0) is 48.2 Å². The maximum absolute atomic E-state index is 12.2. The Hall–Kier alpha value is -2.74. The van der Waals surface area contributed by atoms with Gasteiger partial charge in [-0.2, -0.15) is 0 Å². The fraction of sp³-hybridized carbons (Fsp3) is 0.350. The zero-order valence-corrected chi connectivity index (χ0v) is 15.5. The summed E-state index contributed by atoms with van der Waals surface area (Å²) in [7, 11) is 0. The van der Waals surface area contributed by atoms with Crippen molar-refractivity contribution in [2.75, 3.05) is 18.5 Å². The summed E-state index contributed by atoms with van der Waals surface area (Å²) in [6.07, 6.45) is -3.36. The van der Waals surface area contributed by atoms with Crippen LogP contribution in [0.3, 0.4) is 0 Å². The Kier molecular flexibility index (Phi) is 7.69. The lowest BCUT2D eigenvalue weighted by molar-refractivity contribution is -0.274. The number of aliphatic hydroxyl groups is 1. The lowest BCUT2D eigenvalue weighted by atomic mass is 10.0. The van der Waals surface area contributed by atoms with E-state index in [1.165, 1.54) is 29.8 Å². The third-order valence-electron chi connectivity index (χ3n) is 4.07. The fourth-order valence-corrected chi connectivity index (χ4v) is 2.63. The predicted molar refractivity (Wildman–Crippen MR) is 103 cm³/mol. The number of hydrogen-bond donors (Lipinski definition) is 3. The molecule has 2 aromatic rings. The number of aliphatic imine (C=N–C) groups is 1. The van der Waals surface area contributed by atoms with Gasteiger partial charge in [0.15, 0.2) is 5.96 Å². The number of hydrogen-bond acceptors (Lipinski definition) is 3. The standard InChI is InChI=1S/C20H24F3N3O2/c1-2-14-4-3-5-17(11-14)26-19(24)25-12-16(13-27)10-15-6-8-18(9-7-15)28-20(21,22)23/h3-9,11,16,27H,2,10,12-13H2,1H3,(H3,24,25,26). The molecule has 5 nitrogen and oxygen atoms in total. The van der Waals surface area contributed by atoms with Crippen molar-refractivity contribution < 1.29 is 23.0 Å². The van der Waals surface area contributed by atoms with Crippen LogP contribution >= 0.6 is 0 Å². The van der Waals surface area contributed by atoms with Crippen LogP contribution in [0.25, 0.3) is 0 Å². The highest BCUT2D eigenvalue weighted by molar-refractivity contribution is 5.92. The molecule has 0 heterocycles. The number of aryl methyl sites for hydroxylation is 1. The molecule has 0 aliphatic heterocycles. The number of guanidine groups is 1. The molecule has 2 rings (SSSR count). The van der Waals surface area contributed by atoms with Gasteiger partial charge in [0.1, 0.15) is 5.75 Å². The van der Waals surface area contributed by atoms with E-state index in [0.717, 1.165) is 17.7 Å². The van der Waals surface area contributed by atoms with Crippen molar-refractivity contribution in [2.45, 2.75) is 26.1 Å². The van der Waals surface area contributed by atoms with E-state index in [0.29, 0.717) is 6.42 Å². The molecule has 1 unspecified atom stereocenters. The first kappa shape index (κ1) is 21.6. The first-order chi connectivity index (χ1) is 13.3. The summed E-state index contributed by atoms with van der Waals surface area (Å²) in [4.78, 5) is 4.26. The average molecular weight is 395 g/mol. The van der Waals surface area contributed by atoms with E-state index in [1.54, 1.807) is 0 Å². The molecule has 0 saturated heterocycles. The zero-order chi connectivity index (χ0) is 20.6. The summed E-state index contributed by atoms with van der Waals surface area (Å²) >= 11 is 0. The van der Waals surface area contributed by atoms with Gasteiger partial charge in [0.2, 0.25) is 0 Å². The number of alkyl halides is 3. The van der Waals surface area contributed by atoms with Crippen molar-refractivity contribution in [2.24, 2.45) is 16.6 Å². The van der Waals surface area contributed by atoms with E-state index < -0.39 is 6.36 Å². The first-order valence-electron chi connectivity index (χ1n) is 8.90. The maximum atomic E-state index is 12.2. The number of aliphatic hydroxyl groups excluding tert-OH is 1. The average Bonchev–Trinajstić information content (AvgIpc) is 2.65. The van der Waals surface area contributed by atoms with Crippen LogP contribution < -0.4 is 15.8 Å². The molecule has 0 aliphatic rings. The summed E-state index contributed by atoms with van der Waals surface area (Å²) in [5.74, 6) is -0.255. The van der Waals surface area contributed by atoms with E-state index in [4.69, 9.17) is 5.73 Å². The molecule has 0 aromatic heterocycles. The number of benzene rings is 2. The smallest absolute Gasteiger partial charge is 0.406 e.